The van der Waals surface area contributed by atoms with Crippen LogP contribution in [0.2, 0.25) is 0 Å². The number of nitrogens with one attached hydrogen (secondary N) is 1. The summed E-state index contributed by atoms with van der Waals surface area (Å²) >= 11 is 0. The fraction of sp³-hybridized carbons (Fsp3) is 0.100. The Morgan fingerprint density at radius 3 is 2.63 bits per heavy atom. The van der Waals surface area contributed by atoms with Gasteiger partial charge in [0.25, 0.3) is 5.91 Å². The Hall–Kier alpha value is -3.74. The molecular weight excluding hydrogens is 342 g/mol. The number of anilines is 2. The molecule has 2 aromatic rings. The van der Waals surface area contributed by atoms with Crippen LogP contribution in [0.1, 0.15) is 27.9 Å². The molecule has 0 fully saturated rings. The van der Waals surface area contributed by atoms with Gasteiger partial charge in [0, 0.05) is 35.3 Å². The Balaban J connectivity index is 1.85. The van der Waals surface area contributed by atoms with Gasteiger partial charge >= 0.3 is 0 Å². The van der Waals surface area contributed by atoms with Crippen LogP contribution in [0.3, 0.4) is 0 Å². The van der Waals surface area contributed by atoms with Gasteiger partial charge in [-0.05, 0) is 42.8 Å². The predicted molar refractivity (Wildman–Crippen MR) is 106 cm³/mol. The molecule has 7 N–H and O–H groups in total. The van der Waals surface area contributed by atoms with Crippen molar-refractivity contribution in [2.75, 3.05) is 17.6 Å². The third-order valence-corrected chi connectivity index (χ3v) is 4.17. The van der Waals surface area contributed by atoms with Crippen molar-refractivity contribution in [1.82, 2.24) is 0 Å². The summed E-state index contributed by atoms with van der Waals surface area (Å²) in [5.41, 5.74) is 14.7. The average Bonchev–Trinajstić information content (AvgIpc) is 2.68. The number of nitrogens with two attached hydrogens (primary N) is 3. The highest BCUT2D eigenvalue weighted by Crippen LogP contribution is 2.20. The summed E-state index contributed by atoms with van der Waals surface area (Å²) in [6.07, 6.45) is 4.16. The molecule has 7 nitrogen and oxygen atoms in total. The van der Waals surface area contributed by atoms with Gasteiger partial charge in [-0.1, -0.05) is 12.1 Å². The van der Waals surface area contributed by atoms with Crippen LogP contribution in [0, 0.1) is 0 Å². The largest absolute Gasteiger partial charge is 0.398 e. The molecule has 0 spiro atoms. The van der Waals surface area contributed by atoms with Crippen molar-refractivity contribution in [3.05, 3.63) is 70.8 Å². The van der Waals surface area contributed by atoms with E-state index >= 15 is 0 Å². The van der Waals surface area contributed by atoms with E-state index in [0.717, 1.165) is 6.42 Å². The first kappa shape index (κ1) is 18.1. The summed E-state index contributed by atoms with van der Waals surface area (Å²) in [4.78, 5) is 27.8. The molecule has 2 aromatic carbocycles. The Kier molecular flexibility index (Phi) is 5.12. The van der Waals surface area contributed by atoms with Gasteiger partial charge in [-0.2, -0.15) is 0 Å². The van der Waals surface area contributed by atoms with Gasteiger partial charge < -0.3 is 16.8 Å². The van der Waals surface area contributed by atoms with Gasteiger partial charge in [-0.15, -0.1) is 0 Å². The van der Waals surface area contributed by atoms with E-state index < -0.39 is 5.91 Å². The van der Waals surface area contributed by atoms with Crippen LogP contribution < -0.4 is 22.2 Å². The molecule has 0 unspecified atom stereocenters. The normalized spacial score (nSPS) is 13.0. The first-order valence-electron chi connectivity index (χ1n) is 8.39. The number of nitrogens with zero attached hydrogens (tertiary/aromatic N) is 1. The first-order chi connectivity index (χ1) is 13.0. The van der Waals surface area contributed by atoms with Crippen LogP contribution in [-0.4, -0.2) is 30.3 Å². The van der Waals surface area contributed by atoms with Crippen molar-refractivity contribution in [3.63, 3.8) is 0 Å². The third kappa shape index (κ3) is 4.09. The highest BCUT2D eigenvalue weighted by atomic mass is 16.2. The van der Waals surface area contributed by atoms with Crippen LogP contribution in [-0.2, 0) is 4.79 Å². The second kappa shape index (κ2) is 7.65. The number of dihydropyridines is 1. The molecule has 1 aliphatic rings. The monoisotopic (exact) mass is 362 g/mol. The van der Waals surface area contributed by atoms with E-state index in [1.807, 2.05) is 6.08 Å². The fourth-order valence-corrected chi connectivity index (χ4v) is 2.73. The summed E-state index contributed by atoms with van der Waals surface area (Å²) in [6, 6.07) is 11.8. The second-order valence-corrected chi connectivity index (χ2v) is 6.10. The number of benzene rings is 2. The summed E-state index contributed by atoms with van der Waals surface area (Å²) in [6.45, 7) is 0.698. The van der Waals surface area contributed by atoms with Crippen molar-refractivity contribution in [2.24, 2.45) is 10.7 Å². The Morgan fingerprint density at radius 1 is 1.11 bits per heavy atom. The topological polar surface area (TPSA) is 136 Å². The highest BCUT2D eigenvalue weighted by Gasteiger charge is 2.17. The number of hydrogen-bond acceptors (Lipinski definition) is 4. The van der Waals surface area contributed by atoms with E-state index in [0.29, 0.717) is 45.9 Å². The molecule has 1 heterocycles. The van der Waals surface area contributed by atoms with Crippen molar-refractivity contribution in [3.8, 4) is 0 Å². The van der Waals surface area contributed by atoms with E-state index in [1.54, 1.807) is 48.7 Å². The van der Waals surface area contributed by atoms with Crippen LogP contribution >= 0.6 is 0 Å². The van der Waals surface area contributed by atoms with Crippen molar-refractivity contribution in [1.29, 1.82) is 0 Å². The zero-order valence-corrected chi connectivity index (χ0v) is 14.6. The van der Waals surface area contributed by atoms with E-state index in [1.165, 1.54) is 0 Å². The highest BCUT2D eigenvalue weighted by molar-refractivity contribution is 6.18. The van der Waals surface area contributed by atoms with Crippen LogP contribution in [0.4, 0.5) is 11.4 Å². The van der Waals surface area contributed by atoms with Crippen molar-refractivity contribution in [2.45, 2.75) is 6.42 Å². The van der Waals surface area contributed by atoms with E-state index in [2.05, 4.69) is 10.3 Å². The average molecular weight is 362 g/mol. The second-order valence-electron chi connectivity index (χ2n) is 6.10. The standard InChI is InChI=1S/C20H19N5O2/c21-17-7-6-13(19(23)26)10-16(17)18(22)12-3-1-5-15(9-12)25-20(27)14-4-2-8-24-11-14/h1,3-7,9-11,22H,2,8,21H2,(H2,23,26)(H,25,27)/p+1. The molecule has 136 valence electrons. The molecule has 0 aromatic heterocycles. The van der Waals surface area contributed by atoms with Crippen LogP contribution in [0.25, 0.3) is 0 Å². The zero-order valence-electron chi connectivity index (χ0n) is 14.6. The lowest BCUT2D eigenvalue weighted by Crippen LogP contribution is -2.41. The molecular formula is C20H20N5O2+. The van der Waals surface area contributed by atoms with Gasteiger partial charge in [0.1, 0.15) is 0 Å². The number of hydrogen-bond donors (Lipinski definition) is 4. The van der Waals surface area contributed by atoms with Crippen molar-refractivity contribution < 1.29 is 15.0 Å². The van der Waals surface area contributed by atoms with Gasteiger partial charge in [0.2, 0.25) is 11.6 Å². The minimum Gasteiger partial charge on any atom is -0.398 e. The molecule has 27 heavy (non-hydrogen) atoms. The Bertz CT molecular complexity index is 992. The summed E-state index contributed by atoms with van der Waals surface area (Å²) in [5, 5.41) is 9.10. The fourth-order valence-electron chi connectivity index (χ4n) is 2.73. The van der Waals surface area contributed by atoms with E-state index in [4.69, 9.17) is 16.9 Å². The minimum absolute atomic E-state index is 0.232. The molecule has 1 aliphatic heterocycles. The van der Waals surface area contributed by atoms with Crippen LogP contribution in [0.5, 0.6) is 0 Å². The maximum Gasteiger partial charge on any atom is 0.256 e. The lowest BCUT2D eigenvalue weighted by atomic mass is 9.98. The molecule has 0 atom stereocenters. The molecule has 2 amide bonds. The van der Waals surface area contributed by atoms with Gasteiger partial charge in [0.05, 0.1) is 11.1 Å². The number of nitrogen functional groups attached to an aromatic ring is 1. The lowest BCUT2D eigenvalue weighted by Gasteiger charge is -2.10. The lowest BCUT2D eigenvalue weighted by molar-refractivity contribution is -0.113. The van der Waals surface area contributed by atoms with Gasteiger partial charge in [0.15, 0.2) is 0 Å². The maximum atomic E-state index is 12.3. The predicted octanol–water partition coefficient (Wildman–Crippen LogP) is 0.304. The molecule has 0 saturated carbocycles. The molecule has 0 saturated heterocycles. The molecule has 3 rings (SSSR count). The van der Waals surface area contributed by atoms with Gasteiger partial charge in [-0.25, -0.2) is 0 Å². The smallest absolute Gasteiger partial charge is 0.256 e. The summed E-state index contributed by atoms with van der Waals surface area (Å²) < 4.78 is 0. The first-order valence-corrected chi connectivity index (χ1v) is 8.39. The number of carbonyl (C=O) groups excluding carboxylic acids is 2. The minimum atomic E-state index is -0.563. The maximum absolute atomic E-state index is 12.3. The quantitative estimate of drug-likeness (QED) is 0.450. The van der Waals surface area contributed by atoms with Gasteiger partial charge in [-0.3, -0.25) is 20.0 Å². The number of rotatable bonds is 5. The summed E-state index contributed by atoms with van der Waals surface area (Å²) in [5.74, 6) is -0.795. The molecule has 0 radical (unpaired) electrons. The van der Waals surface area contributed by atoms with Crippen LogP contribution in [0.15, 0.2) is 59.1 Å². The van der Waals surface area contributed by atoms with E-state index in [9.17, 15) is 9.59 Å². The number of amides is 2. The zero-order chi connectivity index (χ0) is 19.4. The SMILES string of the molecule is NC(=O)c1ccc(N)c(C(=[NH2+])c2cccc(NC(=O)C3=CCCN=C3)c2)c1. The summed E-state index contributed by atoms with van der Waals surface area (Å²) in [7, 11) is 0. The Labute approximate surface area is 156 Å². The number of aliphatic imine (C=N–C) groups is 1. The van der Waals surface area contributed by atoms with E-state index in [-0.39, 0.29) is 5.91 Å². The Morgan fingerprint density at radius 2 is 1.93 bits per heavy atom. The molecule has 0 bridgehead atoms. The number of primary amides is 1. The molecule has 0 aliphatic carbocycles. The third-order valence-electron chi connectivity index (χ3n) is 4.17. The number of carbonyl (C=O) groups is 2. The van der Waals surface area contributed by atoms with Crippen molar-refractivity contribution >= 4 is 35.1 Å². The molecule has 7 heteroatoms.